The number of hydrogen-bond acceptors (Lipinski definition) is 4. The molecule has 4 nitrogen and oxygen atoms in total. The fourth-order valence-corrected chi connectivity index (χ4v) is 5.62. The molecule has 4 heteroatoms. The molecule has 0 saturated heterocycles. The first kappa shape index (κ1) is 40.4. The Morgan fingerprint density at radius 2 is 0.805 bits per heavy atom. The lowest BCUT2D eigenvalue weighted by Crippen LogP contribution is -2.27. The number of aliphatic hydroxyl groups is 1. The third kappa shape index (κ3) is 33.8. The summed E-state index contributed by atoms with van der Waals surface area (Å²) in [6, 6.07) is 0. The molecule has 0 radical (unpaired) electrons. The molecule has 0 saturated carbocycles. The molecule has 0 aromatic carbocycles. The molecule has 246 valence electrons. The lowest BCUT2D eigenvalue weighted by atomic mass is 10.0. The Balaban J connectivity index is 3.36. The Labute approximate surface area is 257 Å². The fraction of sp³-hybridized carbons (Fsp3) is 0.973. The molecule has 0 aliphatic heterocycles. The highest BCUT2D eigenvalue weighted by Gasteiger charge is 2.13. The van der Waals surface area contributed by atoms with Gasteiger partial charge in [0.25, 0.3) is 0 Å². The van der Waals surface area contributed by atoms with Crippen LogP contribution in [-0.2, 0) is 14.3 Å². The van der Waals surface area contributed by atoms with Crippen molar-refractivity contribution in [3.8, 4) is 0 Å². The minimum absolute atomic E-state index is 0.163. The number of carbonyl (C=O) groups excluding carboxylic acids is 1. The average molecular weight is 583 g/mol. The van der Waals surface area contributed by atoms with E-state index in [0.717, 1.165) is 19.3 Å². The van der Waals surface area contributed by atoms with E-state index in [4.69, 9.17) is 9.47 Å². The highest BCUT2D eigenvalue weighted by molar-refractivity contribution is 5.69. The van der Waals surface area contributed by atoms with Crippen LogP contribution in [0.3, 0.4) is 0 Å². The third-order valence-electron chi connectivity index (χ3n) is 8.43. The van der Waals surface area contributed by atoms with Gasteiger partial charge in [0.15, 0.2) is 0 Å². The van der Waals surface area contributed by atoms with E-state index in [2.05, 4.69) is 13.8 Å². The molecule has 0 bridgehead atoms. The Hall–Kier alpha value is -0.610. The van der Waals surface area contributed by atoms with Crippen molar-refractivity contribution in [2.24, 2.45) is 0 Å². The molecular formula is C37H74O4. The molecule has 0 aromatic heterocycles. The van der Waals surface area contributed by atoms with Crippen molar-refractivity contribution in [3.63, 3.8) is 0 Å². The molecule has 0 heterocycles. The van der Waals surface area contributed by atoms with Gasteiger partial charge in [-0.2, -0.15) is 0 Å². The number of esters is 1. The maximum atomic E-state index is 12.1. The van der Waals surface area contributed by atoms with Crippen molar-refractivity contribution in [2.45, 2.75) is 213 Å². The predicted molar refractivity (Wildman–Crippen MR) is 178 cm³/mol. The zero-order valence-electron chi connectivity index (χ0n) is 28.1. The number of unbranched alkanes of at least 4 members (excludes halogenated alkanes) is 27. The molecule has 0 aromatic rings. The highest BCUT2D eigenvalue weighted by atomic mass is 16.6. The van der Waals surface area contributed by atoms with Gasteiger partial charge in [0.2, 0.25) is 0 Å². The maximum absolute atomic E-state index is 12.1. The molecular weight excluding hydrogens is 508 g/mol. The maximum Gasteiger partial charge on any atom is 0.306 e. The van der Waals surface area contributed by atoms with E-state index in [1.807, 2.05) is 0 Å². The lowest BCUT2D eigenvalue weighted by Gasteiger charge is -2.16. The summed E-state index contributed by atoms with van der Waals surface area (Å²) in [7, 11) is 0. The van der Waals surface area contributed by atoms with Crippen LogP contribution >= 0.6 is 0 Å². The second-order valence-corrected chi connectivity index (χ2v) is 12.7. The minimum Gasteiger partial charge on any atom is -0.457 e. The van der Waals surface area contributed by atoms with E-state index < -0.39 is 6.10 Å². The Kier molecular flexibility index (Phi) is 35.1. The van der Waals surface area contributed by atoms with Crippen LogP contribution in [0.25, 0.3) is 0 Å². The van der Waals surface area contributed by atoms with Gasteiger partial charge in [-0.1, -0.05) is 187 Å². The third-order valence-corrected chi connectivity index (χ3v) is 8.43. The molecule has 0 amide bonds. The van der Waals surface area contributed by atoms with E-state index in [0.29, 0.717) is 19.6 Å². The van der Waals surface area contributed by atoms with Gasteiger partial charge in [-0.3, -0.25) is 4.79 Å². The first-order valence-corrected chi connectivity index (χ1v) is 18.6. The van der Waals surface area contributed by atoms with Gasteiger partial charge in [0, 0.05) is 13.0 Å². The van der Waals surface area contributed by atoms with Gasteiger partial charge in [-0.15, -0.1) is 0 Å². The summed E-state index contributed by atoms with van der Waals surface area (Å²) in [6.45, 7) is 5.38. The number of rotatable bonds is 35. The summed E-state index contributed by atoms with van der Waals surface area (Å²) in [5, 5.41) is 9.54. The van der Waals surface area contributed by atoms with Gasteiger partial charge < -0.3 is 14.6 Å². The smallest absolute Gasteiger partial charge is 0.306 e. The molecule has 1 atom stereocenters. The van der Waals surface area contributed by atoms with E-state index in [1.165, 1.54) is 167 Å². The Morgan fingerprint density at radius 3 is 1.15 bits per heavy atom. The summed E-state index contributed by atoms with van der Waals surface area (Å²) in [5.74, 6) is -0.197. The molecule has 0 fully saturated rings. The van der Waals surface area contributed by atoms with Crippen LogP contribution in [-0.4, -0.2) is 37.0 Å². The monoisotopic (exact) mass is 583 g/mol. The lowest BCUT2D eigenvalue weighted by molar-refractivity contribution is -0.154. The van der Waals surface area contributed by atoms with Gasteiger partial charge in [0.1, 0.15) is 6.10 Å². The number of hydrogen-bond donors (Lipinski definition) is 1. The number of aliphatic hydroxyl groups excluding tert-OH is 1. The normalized spacial score (nSPS) is 12.2. The van der Waals surface area contributed by atoms with Crippen LogP contribution in [0.15, 0.2) is 0 Å². The second kappa shape index (κ2) is 35.6. The van der Waals surface area contributed by atoms with E-state index in [9.17, 15) is 9.90 Å². The van der Waals surface area contributed by atoms with E-state index in [-0.39, 0.29) is 12.6 Å². The molecule has 41 heavy (non-hydrogen) atoms. The Bertz CT molecular complexity index is 495. The van der Waals surface area contributed by atoms with Crippen LogP contribution in [0, 0.1) is 0 Å². The zero-order valence-corrected chi connectivity index (χ0v) is 28.1. The van der Waals surface area contributed by atoms with Gasteiger partial charge in [0.05, 0.1) is 13.2 Å². The van der Waals surface area contributed by atoms with Gasteiger partial charge in [-0.25, -0.2) is 0 Å². The summed E-state index contributed by atoms with van der Waals surface area (Å²) in [4.78, 5) is 12.1. The van der Waals surface area contributed by atoms with Crippen molar-refractivity contribution in [3.05, 3.63) is 0 Å². The first-order valence-electron chi connectivity index (χ1n) is 18.6. The molecule has 0 aliphatic rings. The average Bonchev–Trinajstić information content (AvgIpc) is 2.98. The van der Waals surface area contributed by atoms with Crippen molar-refractivity contribution in [1.82, 2.24) is 0 Å². The van der Waals surface area contributed by atoms with Crippen molar-refractivity contribution in [1.29, 1.82) is 0 Å². The molecule has 0 rings (SSSR count). The van der Waals surface area contributed by atoms with E-state index >= 15 is 0 Å². The molecule has 0 aliphatic carbocycles. The van der Waals surface area contributed by atoms with E-state index in [1.54, 1.807) is 0 Å². The quantitative estimate of drug-likeness (QED) is 0.0596. The summed E-state index contributed by atoms with van der Waals surface area (Å²) < 4.78 is 11.1. The minimum atomic E-state index is -0.523. The number of carbonyl (C=O) groups is 1. The summed E-state index contributed by atoms with van der Waals surface area (Å²) in [5.41, 5.74) is 0. The Morgan fingerprint density at radius 1 is 0.488 bits per heavy atom. The van der Waals surface area contributed by atoms with Crippen molar-refractivity contribution < 1.29 is 19.4 Å². The molecule has 1 N–H and O–H groups in total. The molecule has 0 spiro atoms. The molecule has 1 unspecified atom stereocenters. The SMILES string of the molecule is CCCCCCCCCCCCCCCCCCCOCC(CO)OC(=O)CCCCCCCCCCCCCC. The van der Waals surface area contributed by atoms with Crippen molar-refractivity contribution in [2.75, 3.05) is 19.8 Å². The topological polar surface area (TPSA) is 55.8 Å². The fourth-order valence-electron chi connectivity index (χ4n) is 5.62. The standard InChI is InChI=1S/C37H74O4/c1-3-5-7-9-11-13-15-17-18-19-20-21-23-25-27-29-31-33-40-35-36(34-38)41-37(39)32-30-28-26-24-22-16-14-12-10-8-6-4-2/h36,38H,3-35H2,1-2H3. The summed E-state index contributed by atoms with van der Waals surface area (Å²) >= 11 is 0. The first-order chi connectivity index (χ1) is 20.2. The van der Waals surface area contributed by atoms with Crippen LogP contribution in [0.4, 0.5) is 0 Å². The van der Waals surface area contributed by atoms with Crippen LogP contribution in [0.1, 0.15) is 206 Å². The predicted octanol–water partition coefficient (Wildman–Crippen LogP) is 11.6. The van der Waals surface area contributed by atoms with Crippen LogP contribution < -0.4 is 0 Å². The van der Waals surface area contributed by atoms with Gasteiger partial charge in [-0.05, 0) is 12.8 Å². The zero-order chi connectivity index (χ0) is 29.9. The highest BCUT2D eigenvalue weighted by Crippen LogP contribution is 2.15. The van der Waals surface area contributed by atoms with Crippen molar-refractivity contribution >= 4 is 5.97 Å². The second-order valence-electron chi connectivity index (χ2n) is 12.7. The van der Waals surface area contributed by atoms with Gasteiger partial charge >= 0.3 is 5.97 Å². The van der Waals surface area contributed by atoms with Crippen LogP contribution in [0.5, 0.6) is 0 Å². The van der Waals surface area contributed by atoms with Crippen LogP contribution in [0.2, 0.25) is 0 Å². The summed E-state index contributed by atoms with van der Waals surface area (Å²) in [6.07, 6.45) is 38.6. The largest absolute Gasteiger partial charge is 0.457 e. The number of ether oxygens (including phenoxy) is 2.